The first kappa shape index (κ1) is 14.0. The van der Waals surface area contributed by atoms with Crippen LogP contribution in [0.15, 0.2) is 6.07 Å². The Morgan fingerprint density at radius 1 is 1.22 bits per heavy atom. The van der Waals surface area contributed by atoms with Crippen molar-refractivity contribution in [1.29, 1.82) is 0 Å². The van der Waals surface area contributed by atoms with Crippen molar-refractivity contribution in [2.45, 2.75) is 43.6 Å². The Morgan fingerprint density at radius 2 is 1.89 bits per heavy atom. The average Bonchev–Trinajstić information content (AvgIpc) is 2.27. The van der Waals surface area contributed by atoms with E-state index in [4.69, 9.17) is 10.7 Å². The molecule has 0 radical (unpaired) electrons. The summed E-state index contributed by atoms with van der Waals surface area (Å²) in [5.41, 5.74) is 6.99. The van der Waals surface area contributed by atoms with E-state index >= 15 is 0 Å². The Morgan fingerprint density at radius 3 is 2.50 bits per heavy atom. The van der Waals surface area contributed by atoms with Crippen molar-refractivity contribution in [3.8, 4) is 0 Å². The molecule has 0 aromatic carbocycles. The highest BCUT2D eigenvalue weighted by molar-refractivity contribution is 8.06. The fourth-order valence-electron chi connectivity index (χ4n) is 1.91. The van der Waals surface area contributed by atoms with Gasteiger partial charge in [0.05, 0.1) is 10.9 Å². The number of nitrogens with zero attached hydrogens (tertiary/aromatic N) is 2. The van der Waals surface area contributed by atoms with Crippen molar-refractivity contribution >= 4 is 29.3 Å². The second kappa shape index (κ2) is 5.29. The van der Waals surface area contributed by atoms with Crippen molar-refractivity contribution in [2.24, 2.45) is 0 Å². The van der Waals surface area contributed by atoms with Gasteiger partial charge in [0.15, 0.2) is 0 Å². The maximum Gasteiger partial charge on any atom is 0.145 e. The van der Waals surface area contributed by atoms with Crippen LogP contribution in [0.1, 0.15) is 44.5 Å². The van der Waals surface area contributed by atoms with Crippen molar-refractivity contribution in [3.05, 3.63) is 17.6 Å². The molecule has 1 fully saturated rings. The Balaban J connectivity index is 2.35. The van der Waals surface area contributed by atoms with Crippen LogP contribution in [0.3, 0.4) is 0 Å². The highest BCUT2D eigenvalue weighted by atomic mass is 32.2. The molecule has 2 unspecified atom stereocenters. The van der Waals surface area contributed by atoms with E-state index in [2.05, 4.69) is 32.7 Å². The summed E-state index contributed by atoms with van der Waals surface area (Å²) in [5, 5.41) is 0.923. The molecule has 1 saturated heterocycles. The second-order valence-electron chi connectivity index (χ2n) is 5.65. The van der Waals surface area contributed by atoms with Crippen molar-refractivity contribution < 1.29 is 0 Å². The van der Waals surface area contributed by atoms with Crippen LogP contribution in [-0.2, 0) is 5.41 Å². The van der Waals surface area contributed by atoms with Gasteiger partial charge >= 0.3 is 0 Å². The number of nitrogen functional groups attached to an aromatic ring is 1. The van der Waals surface area contributed by atoms with Gasteiger partial charge in [-0.2, -0.15) is 11.8 Å². The zero-order valence-corrected chi connectivity index (χ0v) is 13.1. The summed E-state index contributed by atoms with van der Waals surface area (Å²) in [4.78, 5) is 9.21. The number of thioether (sulfide) groups is 2. The van der Waals surface area contributed by atoms with Crippen molar-refractivity contribution in [3.63, 3.8) is 0 Å². The fraction of sp³-hybridized carbons (Fsp3) is 0.692. The molecule has 0 aliphatic carbocycles. The molecule has 1 aromatic heterocycles. The van der Waals surface area contributed by atoms with Gasteiger partial charge in [0, 0.05) is 28.2 Å². The first-order chi connectivity index (χ1) is 8.38. The maximum atomic E-state index is 5.94. The van der Waals surface area contributed by atoms with E-state index in [-0.39, 0.29) is 5.41 Å². The van der Waals surface area contributed by atoms with Gasteiger partial charge in [-0.15, -0.1) is 11.8 Å². The number of rotatable bonds is 1. The third-order valence-corrected chi connectivity index (χ3v) is 6.06. The quantitative estimate of drug-likeness (QED) is 0.857. The third kappa shape index (κ3) is 3.12. The van der Waals surface area contributed by atoms with Gasteiger partial charge in [0.25, 0.3) is 0 Å². The summed E-state index contributed by atoms with van der Waals surface area (Å²) in [7, 11) is 0. The van der Waals surface area contributed by atoms with E-state index in [1.807, 2.05) is 29.6 Å². The molecule has 2 N–H and O–H groups in total. The van der Waals surface area contributed by atoms with Crippen LogP contribution in [-0.4, -0.2) is 26.7 Å². The third-order valence-electron chi connectivity index (χ3n) is 2.97. The molecule has 0 saturated carbocycles. The zero-order valence-electron chi connectivity index (χ0n) is 11.4. The van der Waals surface area contributed by atoms with E-state index in [1.165, 1.54) is 11.5 Å². The predicted octanol–water partition coefficient (Wildman–Crippen LogP) is 3.27. The van der Waals surface area contributed by atoms with Gasteiger partial charge in [0.1, 0.15) is 11.6 Å². The molecule has 2 atom stereocenters. The summed E-state index contributed by atoms with van der Waals surface area (Å²) >= 11 is 3.95. The lowest BCUT2D eigenvalue weighted by molar-refractivity contribution is 0.561. The maximum absolute atomic E-state index is 5.94. The first-order valence-corrected chi connectivity index (χ1v) is 8.36. The molecule has 5 heteroatoms. The zero-order chi connectivity index (χ0) is 13.3. The lowest BCUT2D eigenvalue weighted by atomic mass is 9.92. The van der Waals surface area contributed by atoms with E-state index in [0.29, 0.717) is 16.3 Å². The molecule has 1 aromatic rings. The minimum Gasteiger partial charge on any atom is -0.384 e. The van der Waals surface area contributed by atoms with Crippen molar-refractivity contribution in [2.75, 3.05) is 17.2 Å². The van der Waals surface area contributed by atoms with Crippen LogP contribution in [0, 0.1) is 0 Å². The molecule has 0 spiro atoms. The molecule has 0 bridgehead atoms. The lowest BCUT2D eigenvalue weighted by Crippen LogP contribution is -2.22. The summed E-state index contributed by atoms with van der Waals surface area (Å²) in [6.07, 6.45) is 0. The van der Waals surface area contributed by atoms with Crippen LogP contribution in [0.2, 0.25) is 0 Å². The largest absolute Gasteiger partial charge is 0.384 e. The average molecular weight is 283 g/mol. The monoisotopic (exact) mass is 283 g/mol. The van der Waals surface area contributed by atoms with Gasteiger partial charge in [-0.05, 0) is 0 Å². The number of aromatic nitrogens is 2. The van der Waals surface area contributed by atoms with Crippen LogP contribution in [0.25, 0.3) is 0 Å². The Bertz CT molecular complexity index is 429. The lowest BCUT2D eigenvalue weighted by Gasteiger charge is -2.28. The van der Waals surface area contributed by atoms with Gasteiger partial charge in [0.2, 0.25) is 0 Å². The number of nitrogens with two attached hydrogens (primary N) is 1. The molecule has 18 heavy (non-hydrogen) atoms. The Hall–Kier alpha value is -0.420. The normalized spacial score (nSPS) is 25.1. The summed E-state index contributed by atoms with van der Waals surface area (Å²) in [5.74, 6) is 3.89. The topological polar surface area (TPSA) is 51.8 Å². The summed E-state index contributed by atoms with van der Waals surface area (Å²) < 4.78 is 0. The van der Waals surface area contributed by atoms with Crippen LogP contribution in [0.5, 0.6) is 0 Å². The predicted molar refractivity (Wildman–Crippen MR) is 82.3 cm³/mol. The number of hydrogen-bond donors (Lipinski definition) is 1. The Labute approximate surface area is 118 Å². The number of hydrogen-bond acceptors (Lipinski definition) is 5. The molecule has 0 amide bonds. The highest BCUT2D eigenvalue weighted by Crippen LogP contribution is 2.41. The highest BCUT2D eigenvalue weighted by Gasteiger charge is 2.28. The van der Waals surface area contributed by atoms with Gasteiger partial charge < -0.3 is 5.73 Å². The summed E-state index contributed by atoms with van der Waals surface area (Å²) in [6.45, 7) is 8.73. The van der Waals surface area contributed by atoms with Crippen LogP contribution < -0.4 is 5.73 Å². The van der Waals surface area contributed by atoms with Crippen LogP contribution in [0.4, 0.5) is 5.82 Å². The molecule has 3 nitrogen and oxygen atoms in total. The van der Waals surface area contributed by atoms with Gasteiger partial charge in [-0.1, -0.05) is 27.7 Å². The molecule has 2 heterocycles. The first-order valence-electron chi connectivity index (χ1n) is 6.26. The molecular weight excluding hydrogens is 262 g/mol. The standard InChI is InChI=1S/C13H21N3S2/c1-8-11(18-6-5-17-8)12-15-9(13(2,3)4)7-10(14)16-12/h7-8,11H,5-6H2,1-4H3,(H2,14,15,16). The van der Waals surface area contributed by atoms with Gasteiger partial charge in [-0.25, -0.2) is 9.97 Å². The smallest absolute Gasteiger partial charge is 0.145 e. The minimum absolute atomic E-state index is 0.0154. The number of anilines is 1. The minimum atomic E-state index is 0.0154. The second-order valence-corrected chi connectivity index (χ2v) is 8.39. The SMILES string of the molecule is CC1SCCSC1c1nc(N)cc(C(C)(C)C)n1. The Kier molecular flexibility index (Phi) is 4.11. The van der Waals surface area contributed by atoms with E-state index in [9.17, 15) is 0 Å². The summed E-state index contributed by atoms with van der Waals surface area (Å²) in [6, 6.07) is 1.90. The van der Waals surface area contributed by atoms with E-state index in [1.54, 1.807) is 0 Å². The molecule has 2 rings (SSSR count). The molecule has 1 aliphatic heterocycles. The fourth-order valence-corrected chi connectivity index (χ4v) is 4.60. The molecular formula is C13H21N3S2. The van der Waals surface area contributed by atoms with Crippen LogP contribution >= 0.6 is 23.5 Å². The van der Waals surface area contributed by atoms with E-state index in [0.717, 1.165) is 11.5 Å². The van der Waals surface area contributed by atoms with Crippen molar-refractivity contribution in [1.82, 2.24) is 9.97 Å². The van der Waals surface area contributed by atoms with E-state index < -0.39 is 0 Å². The molecule has 1 aliphatic rings. The molecule has 100 valence electrons. The van der Waals surface area contributed by atoms with Gasteiger partial charge in [-0.3, -0.25) is 0 Å².